The lowest BCUT2D eigenvalue weighted by Gasteiger charge is -2.12. The molecule has 5 nitrogen and oxygen atoms in total. The molecule has 0 fully saturated rings. The first-order chi connectivity index (χ1) is 31.2. The minimum atomic E-state index is 0.636. The third-order valence-corrected chi connectivity index (χ3v) is 13.6. The summed E-state index contributed by atoms with van der Waals surface area (Å²) in [6, 6.07) is 75.7. The smallest absolute Gasteiger partial charge is 0.164 e. The lowest BCUT2D eigenvalue weighted by atomic mass is 10.0. The van der Waals surface area contributed by atoms with E-state index in [-0.39, 0.29) is 0 Å². The number of rotatable bonds is 6. The topological polar surface area (TPSA) is 48.5 Å². The second kappa shape index (κ2) is 14.2. The molecule has 13 aromatic rings. The van der Waals surface area contributed by atoms with Crippen molar-refractivity contribution in [3.8, 4) is 56.7 Å². The summed E-state index contributed by atoms with van der Waals surface area (Å²) in [5.41, 5.74) is 12.2. The highest BCUT2D eigenvalue weighted by Crippen LogP contribution is 2.43. The van der Waals surface area contributed by atoms with E-state index in [1.54, 1.807) is 0 Å². The van der Waals surface area contributed by atoms with Crippen LogP contribution in [0.2, 0.25) is 0 Å². The fourth-order valence-electron chi connectivity index (χ4n) is 9.47. The molecule has 0 amide bonds. The van der Waals surface area contributed by atoms with Crippen LogP contribution in [0.5, 0.6) is 0 Å². The molecule has 0 aliphatic heterocycles. The van der Waals surface area contributed by atoms with Crippen molar-refractivity contribution >= 4 is 75.1 Å². The Kier molecular flexibility index (Phi) is 8.01. The highest BCUT2D eigenvalue weighted by atomic mass is 32.1. The van der Waals surface area contributed by atoms with Crippen LogP contribution in [0, 0.1) is 0 Å². The number of benzene rings is 9. The third kappa shape index (κ3) is 5.73. The van der Waals surface area contributed by atoms with Crippen molar-refractivity contribution in [2.75, 3.05) is 0 Å². The third-order valence-electron chi connectivity index (χ3n) is 12.4. The standard InChI is InChI=1S/C57H35N5S/c1-3-14-36(15-4-1)55-58-56(37-16-5-2-6-17-37)60-57(59-55)38-26-29-40(30-27-38)61-49-23-10-8-19-44(49)48-35-41(31-33-52(48)61)62-50-24-11-7-18-43(50)47-34-39(28-32-51(47)62)42-21-13-22-46-45-20-9-12-25-53(45)63-54(42)46/h1-35H. The molecule has 0 unspecified atom stereocenters. The number of thiophene rings is 1. The molecule has 63 heavy (non-hydrogen) atoms. The van der Waals surface area contributed by atoms with Crippen LogP contribution in [0.25, 0.3) is 120 Å². The van der Waals surface area contributed by atoms with Crippen LogP contribution in [0.15, 0.2) is 212 Å². The van der Waals surface area contributed by atoms with Gasteiger partial charge in [-0.25, -0.2) is 15.0 Å². The van der Waals surface area contributed by atoms with Gasteiger partial charge < -0.3 is 9.13 Å². The molecule has 6 heteroatoms. The van der Waals surface area contributed by atoms with E-state index in [2.05, 4.69) is 161 Å². The number of para-hydroxylation sites is 2. The Bertz CT molecular complexity index is 3840. The lowest BCUT2D eigenvalue weighted by molar-refractivity contribution is 1.07. The van der Waals surface area contributed by atoms with Gasteiger partial charge in [0.25, 0.3) is 0 Å². The van der Waals surface area contributed by atoms with Gasteiger partial charge >= 0.3 is 0 Å². The molecule has 0 spiro atoms. The minimum absolute atomic E-state index is 0.636. The van der Waals surface area contributed by atoms with E-state index < -0.39 is 0 Å². The molecule has 0 N–H and O–H groups in total. The molecule has 0 atom stereocenters. The van der Waals surface area contributed by atoms with E-state index in [4.69, 9.17) is 15.0 Å². The number of hydrogen-bond donors (Lipinski definition) is 0. The summed E-state index contributed by atoms with van der Waals surface area (Å²) >= 11 is 1.88. The SMILES string of the molecule is c1ccc(-c2nc(-c3ccccc3)nc(-c3ccc(-n4c5ccccc5c5cc(-n6c7ccccc7c7cc(-c8cccc9c8sc8ccccc89)ccc76)ccc54)cc3)n2)cc1. The van der Waals surface area contributed by atoms with Gasteiger partial charge in [0.2, 0.25) is 0 Å². The predicted octanol–water partition coefficient (Wildman–Crippen LogP) is 15.1. The van der Waals surface area contributed by atoms with Gasteiger partial charge in [0.15, 0.2) is 17.5 Å². The summed E-state index contributed by atoms with van der Waals surface area (Å²) in [6.07, 6.45) is 0. The first kappa shape index (κ1) is 35.6. The lowest BCUT2D eigenvalue weighted by Crippen LogP contribution is -2.00. The second-order valence-corrected chi connectivity index (χ2v) is 17.1. The van der Waals surface area contributed by atoms with Crippen molar-refractivity contribution in [1.29, 1.82) is 0 Å². The van der Waals surface area contributed by atoms with Crippen molar-refractivity contribution in [2.24, 2.45) is 0 Å². The molecule has 294 valence electrons. The van der Waals surface area contributed by atoms with Crippen molar-refractivity contribution in [2.45, 2.75) is 0 Å². The zero-order chi connectivity index (χ0) is 41.4. The molecule has 4 aromatic heterocycles. The molecule has 0 saturated heterocycles. The summed E-state index contributed by atoms with van der Waals surface area (Å²) < 4.78 is 7.44. The van der Waals surface area contributed by atoms with E-state index in [0.29, 0.717) is 17.5 Å². The van der Waals surface area contributed by atoms with Gasteiger partial charge in [-0.2, -0.15) is 0 Å². The molecule has 0 radical (unpaired) electrons. The molecule has 9 aromatic carbocycles. The van der Waals surface area contributed by atoms with Gasteiger partial charge in [-0.05, 0) is 83.9 Å². The maximum absolute atomic E-state index is 4.98. The fraction of sp³-hybridized carbons (Fsp3) is 0. The number of nitrogens with zero attached hydrogens (tertiary/aromatic N) is 5. The fourth-order valence-corrected chi connectivity index (χ4v) is 10.7. The molecule has 13 rings (SSSR count). The summed E-state index contributed by atoms with van der Waals surface area (Å²) in [6.45, 7) is 0. The van der Waals surface area contributed by atoms with E-state index in [0.717, 1.165) is 39.1 Å². The average molecular weight is 822 g/mol. The number of fused-ring (bicyclic) bond motifs is 9. The minimum Gasteiger partial charge on any atom is -0.309 e. The number of aromatic nitrogens is 5. The van der Waals surface area contributed by atoms with Gasteiger partial charge in [0.05, 0.1) is 22.1 Å². The van der Waals surface area contributed by atoms with Crippen LogP contribution in [0.4, 0.5) is 0 Å². The average Bonchev–Trinajstić information content (AvgIpc) is 4.02. The Balaban J connectivity index is 0.925. The first-order valence-electron chi connectivity index (χ1n) is 21.2. The second-order valence-electron chi connectivity index (χ2n) is 16.0. The molecule has 4 heterocycles. The van der Waals surface area contributed by atoms with Crippen molar-refractivity contribution in [1.82, 2.24) is 24.1 Å². The Morgan fingerprint density at radius 3 is 1.41 bits per heavy atom. The van der Waals surface area contributed by atoms with Crippen molar-refractivity contribution in [3.63, 3.8) is 0 Å². The molecule has 0 saturated carbocycles. The summed E-state index contributed by atoms with van der Waals surface area (Å²) in [5, 5.41) is 7.52. The van der Waals surface area contributed by atoms with Crippen LogP contribution < -0.4 is 0 Å². The highest BCUT2D eigenvalue weighted by Gasteiger charge is 2.19. The van der Waals surface area contributed by atoms with E-state index in [1.807, 2.05) is 72.0 Å². The van der Waals surface area contributed by atoms with Crippen LogP contribution >= 0.6 is 11.3 Å². The summed E-state index contributed by atoms with van der Waals surface area (Å²) in [5.74, 6) is 1.93. The Morgan fingerprint density at radius 1 is 0.302 bits per heavy atom. The molecule has 0 bridgehead atoms. The van der Waals surface area contributed by atoms with Crippen LogP contribution in [0.3, 0.4) is 0 Å². The van der Waals surface area contributed by atoms with Gasteiger partial charge in [-0.1, -0.05) is 140 Å². The zero-order valence-electron chi connectivity index (χ0n) is 33.9. The number of hydrogen-bond acceptors (Lipinski definition) is 4. The quantitative estimate of drug-likeness (QED) is 0.168. The van der Waals surface area contributed by atoms with Gasteiger partial charge in [0.1, 0.15) is 0 Å². The van der Waals surface area contributed by atoms with Gasteiger partial charge in [0, 0.05) is 69.8 Å². The first-order valence-corrected chi connectivity index (χ1v) is 22.0. The van der Waals surface area contributed by atoms with Gasteiger partial charge in [-0.15, -0.1) is 11.3 Å². The van der Waals surface area contributed by atoms with Gasteiger partial charge in [-0.3, -0.25) is 0 Å². The summed E-state index contributed by atoms with van der Waals surface area (Å²) in [7, 11) is 0. The predicted molar refractivity (Wildman–Crippen MR) is 263 cm³/mol. The van der Waals surface area contributed by atoms with Crippen LogP contribution in [-0.2, 0) is 0 Å². The normalized spacial score (nSPS) is 11.8. The molecule has 0 aliphatic rings. The Labute approximate surface area is 366 Å². The zero-order valence-corrected chi connectivity index (χ0v) is 34.7. The Hall–Kier alpha value is -8.19. The maximum atomic E-state index is 4.98. The van der Waals surface area contributed by atoms with Crippen molar-refractivity contribution < 1.29 is 0 Å². The Morgan fingerprint density at radius 2 is 0.762 bits per heavy atom. The molecular formula is C57H35N5S. The largest absolute Gasteiger partial charge is 0.309 e. The highest BCUT2D eigenvalue weighted by molar-refractivity contribution is 7.26. The van der Waals surface area contributed by atoms with E-state index >= 15 is 0 Å². The van der Waals surface area contributed by atoms with E-state index in [9.17, 15) is 0 Å². The molecular weight excluding hydrogens is 787 g/mol. The monoisotopic (exact) mass is 821 g/mol. The van der Waals surface area contributed by atoms with Crippen LogP contribution in [-0.4, -0.2) is 24.1 Å². The van der Waals surface area contributed by atoms with Crippen molar-refractivity contribution in [3.05, 3.63) is 212 Å². The van der Waals surface area contributed by atoms with E-state index in [1.165, 1.54) is 63.9 Å². The summed E-state index contributed by atoms with van der Waals surface area (Å²) in [4.78, 5) is 14.8. The molecule has 0 aliphatic carbocycles. The van der Waals surface area contributed by atoms with Crippen LogP contribution in [0.1, 0.15) is 0 Å². The maximum Gasteiger partial charge on any atom is 0.164 e.